The minimum atomic E-state index is -0.839. The van der Waals surface area contributed by atoms with Gasteiger partial charge in [0.25, 0.3) is 5.69 Å². The quantitative estimate of drug-likeness (QED) is 0.499. The van der Waals surface area contributed by atoms with Crippen LogP contribution in [0.2, 0.25) is 0 Å². The molecule has 22 heavy (non-hydrogen) atoms. The highest BCUT2D eigenvalue weighted by molar-refractivity contribution is 5.93. The third-order valence-electron chi connectivity index (χ3n) is 3.13. The van der Waals surface area contributed by atoms with Gasteiger partial charge in [-0.1, -0.05) is 0 Å². The molecule has 1 heterocycles. The van der Waals surface area contributed by atoms with Crippen LogP contribution in [-0.2, 0) is 9.53 Å². The maximum atomic E-state index is 12.1. The summed E-state index contributed by atoms with van der Waals surface area (Å²) in [7, 11) is 0. The number of nitrogens with one attached hydrogen (secondary N) is 1. The van der Waals surface area contributed by atoms with Crippen molar-refractivity contribution in [2.24, 2.45) is 4.99 Å². The minimum Gasteiger partial charge on any atom is -0.846 e. The minimum absolute atomic E-state index is 0.0811. The molecule has 0 radical (unpaired) electrons. The average Bonchev–Trinajstić information content (AvgIpc) is 2.46. The lowest BCUT2D eigenvalue weighted by Gasteiger charge is -2.28. The molecule has 0 aromatic heterocycles. The molecule has 1 atom stereocenters. The Hall–Kier alpha value is -2.90. The summed E-state index contributed by atoms with van der Waals surface area (Å²) in [6.07, 6.45) is 0. The largest absolute Gasteiger partial charge is 0.846 e. The number of esters is 1. The molecule has 1 N–H and O–H groups in total. The molecular weight excluding hydrogens is 290 g/mol. The first-order chi connectivity index (χ1) is 10.4. The summed E-state index contributed by atoms with van der Waals surface area (Å²) in [4.78, 5) is 26.1. The van der Waals surface area contributed by atoms with Gasteiger partial charge in [0, 0.05) is 17.8 Å². The van der Waals surface area contributed by atoms with Crippen LogP contribution >= 0.6 is 0 Å². The summed E-state index contributed by atoms with van der Waals surface area (Å²) in [5.41, 5.74) is 1.00. The summed E-state index contributed by atoms with van der Waals surface area (Å²) in [5.74, 6) is -0.577. The van der Waals surface area contributed by atoms with Gasteiger partial charge < -0.3 is 15.2 Å². The van der Waals surface area contributed by atoms with Gasteiger partial charge in [0.15, 0.2) is 0 Å². The van der Waals surface area contributed by atoms with E-state index >= 15 is 0 Å². The van der Waals surface area contributed by atoms with E-state index in [9.17, 15) is 20.0 Å². The third kappa shape index (κ3) is 3.05. The van der Waals surface area contributed by atoms with E-state index < -0.39 is 23.0 Å². The molecule has 0 aliphatic carbocycles. The van der Waals surface area contributed by atoms with Crippen LogP contribution in [0, 0.1) is 10.1 Å². The van der Waals surface area contributed by atoms with Crippen LogP contribution in [0.3, 0.4) is 0 Å². The second-order valence-electron chi connectivity index (χ2n) is 4.57. The van der Waals surface area contributed by atoms with Crippen LogP contribution in [-0.4, -0.2) is 23.5 Å². The first-order valence-electron chi connectivity index (χ1n) is 6.58. The Bertz CT molecular complexity index is 664. The molecule has 116 valence electrons. The predicted molar refractivity (Wildman–Crippen MR) is 75.7 cm³/mol. The lowest BCUT2D eigenvalue weighted by molar-refractivity contribution is -0.384. The molecule has 1 aliphatic heterocycles. The Balaban J connectivity index is 2.42. The molecule has 1 aromatic carbocycles. The number of allylic oxidation sites excluding steroid dienone is 1. The van der Waals surface area contributed by atoms with Gasteiger partial charge in [-0.05, 0) is 31.5 Å². The van der Waals surface area contributed by atoms with Gasteiger partial charge in [-0.25, -0.2) is 4.79 Å². The van der Waals surface area contributed by atoms with Crippen molar-refractivity contribution in [3.8, 4) is 0 Å². The van der Waals surface area contributed by atoms with E-state index in [1.807, 2.05) is 0 Å². The van der Waals surface area contributed by atoms with Gasteiger partial charge in [0.05, 0.1) is 23.1 Å². The highest BCUT2D eigenvalue weighted by Crippen LogP contribution is 2.31. The molecule has 0 saturated heterocycles. The lowest BCUT2D eigenvalue weighted by atomic mass is 9.96. The number of aliphatic imine (C=N–C) groups is 1. The van der Waals surface area contributed by atoms with Gasteiger partial charge in [-0.2, -0.15) is 0 Å². The summed E-state index contributed by atoms with van der Waals surface area (Å²) >= 11 is 0. The van der Waals surface area contributed by atoms with Gasteiger partial charge in [-0.15, -0.1) is 0 Å². The lowest BCUT2D eigenvalue weighted by Crippen LogP contribution is -2.39. The van der Waals surface area contributed by atoms with Crippen molar-refractivity contribution in [2.45, 2.75) is 19.9 Å². The molecule has 0 amide bonds. The summed E-state index contributed by atoms with van der Waals surface area (Å²) in [6.45, 7) is 3.45. The van der Waals surface area contributed by atoms with Crippen molar-refractivity contribution in [3.63, 3.8) is 0 Å². The number of non-ortho nitro benzene ring substituents is 1. The molecule has 1 aromatic rings. The van der Waals surface area contributed by atoms with E-state index in [0.717, 1.165) is 0 Å². The monoisotopic (exact) mass is 304 g/mol. The van der Waals surface area contributed by atoms with Gasteiger partial charge in [0.2, 0.25) is 0 Å². The Morgan fingerprint density at radius 1 is 1.41 bits per heavy atom. The topological polar surface area (TPSA) is 117 Å². The van der Waals surface area contributed by atoms with E-state index in [0.29, 0.717) is 11.3 Å². The Morgan fingerprint density at radius 2 is 2.05 bits per heavy atom. The van der Waals surface area contributed by atoms with Crippen molar-refractivity contribution in [2.75, 3.05) is 6.61 Å². The molecule has 2 rings (SSSR count). The van der Waals surface area contributed by atoms with Crippen LogP contribution in [0.5, 0.6) is 0 Å². The molecule has 1 aliphatic rings. The van der Waals surface area contributed by atoms with E-state index in [1.54, 1.807) is 13.8 Å². The van der Waals surface area contributed by atoms with Gasteiger partial charge in [-0.3, -0.25) is 15.1 Å². The van der Waals surface area contributed by atoms with Gasteiger partial charge >= 0.3 is 5.97 Å². The third-order valence-corrected chi connectivity index (χ3v) is 3.13. The molecule has 0 saturated carbocycles. The van der Waals surface area contributed by atoms with E-state index in [4.69, 9.17) is 4.74 Å². The maximum Gasteiger partial charge on any atom is 0.338 e. The fourth-order valence-electron chi connectivity index (χ4n) is 2.14. The second-order valence-corrected chi connectivity index (χ2v) is 4.57. The first-order valence-corrected chi connectivity index (χ1v) is 6.58. The molecule has 0 spiro atoms. The van der Waals surface area contributed by atoms with Crippen molar-refractivity contribution in [3.05, 3.63) is 51.2 Å². The fraction of sp³-hybridized carbons (Fsp3) is 0.286. The molecule has 0 bridgehead atoms. The zero-order valence-corrected chi connectivity index (χ0v) is 12.0. The van der Waals surface area contributed by atoms with Gasteiger partial charge in [0.1, 0.15) is 6.04 Å². The van der Waals surface area contributed by atoms with E-state index in [-0.39, 0.29) is 17.9 Å². The second kappa shape index (κ2) is 6.25. The Kier molecular flexibility index (Phi) is 4.40. The number of rotatable bonds is 4. The number of benzene rings is 1. The van der Waals surface area contributed by atoms with Crippen molar-refractivity contribution >= 4 is 17.7 Å². The molecule has 8 nitrogen and oxygen atoms in total. The number of carbonyl (C=O) groups is 1. The number of nitro benzene ring substituents is 1. The highest BCUT2D eigenvalue weighted by atomic mass is 16.6. The Morgan fingerprint density at radius 3 is 2.59 bits per heavy atom. The van der Waals surface area contributed by atoms with Crippen LogP contribution in [0.25, 0.3) is 0 Å². The maximum absolute atomic E-state index is 12.1. The van der Waals surface area contributed by atoms with E-state index in [2.05, 4.69) is 10.3 Å². The fourth-order valence-corrected chi connectivity index (χ4v) is 2.14. The number of hydrogen-bond donors (Lipinski definition) is 1. The summed E-state index contributed by atoms with van der Waals surface area (Å²) < 4.78 is 4.98. The smallest absolute Gasteiger partial charge is 0.338 e. The van der Waals surface area contributed by atoms with Crippen molar-refractivity contribution in [1.82, 2.24) is 5.32 Å². The summed E-state index contributed by atoms with van der Waals surface area (Å²) in [6, 6.07) is 4.13. The zero-order chi connectivity index (χ0) is 16.3. The normalized spacial score (nSPS) is 17.5. The van der Waals surface area contributed by atoms with Crippen molar-refractivity contribution < 1.29 is 19.6 Å². The average molecular weight is 304 g/mol. The van der Waals surface area contributed by atoms with Crippen molar-refractivity contribution in [1.29, 1.82) is 0 Å². The standard InChI is InChI=1S/C14H15N3O5/c1-3-22-13(18)11-8(2)15-14(19)16-12(11)9-4-6-10(7-5-9)17(20)21/h4-7,12H,3H2,1-2H3,(H2,15,16,19)/p-1/t12-/m0/s1. The van der Waals surface area contributed by atoms with Crippen LogP contribution in [0.15, 0.2) is 40.5 Å². The molecular formula is C14H14N3O5-. The number of ether oxygens (including phenoxy) is 1. The van der Waals surface area contributed by atoms with E-state index in [1.165, 1.54) is 24.3 Å². The number of nitro groups is 1. The highest BCUT2D eigenvalue weighted by Gasteiger charge is 2.28. The van der Waals surface area contributed by atoms with Crippen LogP contribution < -0.4 is 10.4 Å². The van der Waals surface area contributed by atoms with Crippen LogP contribution in [0.1, 0.15) is 25.5 Å². The SMILES string of the molecule is CCOC(=O)C1=C(C)NC([O-])=N[C@H]1c1ccc([N+](=O)[O-])cc1. The Labute approximate surface area is 126 Å². The predicted octanol–water partition coefficient (Wildman–Crippen LogP) is 0.793. The number of carbonyl (C=O) groups excluding carboxylic acids is 1. The summed E-state index contributed by atoms with van der Waals surface area (Å²) in [5, 5.41) is 24.7. The molecule has 8 heteroatoms. The van der Waals surface area contributed by atoms with Crippen LogP contribution in [0.4, 0.5) is 5.69 Å². The number of nitrogens with zero attached hydrogens (tertiary/aromatic N) is 2. The number of hydrogen-bond acceptors (Lipinski definition) is 7. The first kappa shape index (κ1) is 15.5. The number of amidine groups is 1. The molecule has 0 fully saturated rings. The zero-order valence-electron chi connectivity index (χ0n) is 12.0. The molecule has 0 unspecified atom stereocenters.